The lowest BCUT2D eigenvalue weighted by molar-refractivity contribution is 0.311. The second kappa shape index (κ2) is 5.95. The highest BCUT2D eigenvalue weighted by Gasteiger charge is 1.96. The van der Waals surface area contributed by atoms with Crippen LogP contribution in [0.25, 0.3) is 0 Å². The van der Waals surface area contributed by atoms with E-state index in [1.165, 1.54) is 0 Å². The highest BCUT2D eigenvalue weighted by Crippen LogP contribution is 2.02. The van der Waals surface area contributed by atoms with Crippen LogP contribution < -0.4 is 5.73 Å². The summed E-state index contributed by atoms with van der Waals surface area (Å²) in [5.74, 6) is 0. The van der Waals surface area contributed by atoms with Crippen molar-refractivity contribution in [1.82, 2.24) is 0 Å². The molecule has 0 aliphatic carbocycles. The molecule has 0 aliphatic heterocycles. The first-order chi connectivity index (χ1) is 4.27. The molecule has 0 saturated carbocycles. The Bertz CT molecular complexity index is 57.0. The maximum atomic E-state index is 11.8. The van der Waals surface area contributed by atoms with Gasteiger partial charge in [-0.15, -0.1) is 0 Å². The van der Waals surface area contributed by atoms with Gasteiger partial charge in [-0.25, -0.2) is 4.39 Å². The second-order valence-electron chi connectivity index (χ2n) is 2.05. The van der Waals surface area contributed by atoms with Gasteiger partial charge in [0, 0.05) is 0 Å². The van der Waals surface area contributed by atoms with E-state index < -0.39 is 6.30 Å². The Labute approximate surface area is 54.2 Å². The number of hydrogen-bond donors (Lipinski definition) is 1. The van der Waals surface area contributed by atoms with Crippen LogP contribution in [0.15, 0.2) is 0 Å². The zero-order chi connectivity index (χ0) is 7.11. The van der Waals surface area contributed by atoms with Gasteiger partial charge >= 0.3 is 0 Å². The van der Waals surface area contributed by atoms with Crippen LogP contribution >= 0.6 is 0 Å². The van der Waals surface area contributed by atoms with Gasteiger partial charge in [0.15, 0.2) is 0 Å². The quantitative estimate of drug-likeness (QED) is 0.453. The molecule has 0 heterocycles. The Morgan fingerprint density at radius 2 is 1.89 bits per heavy atom. The van der Waals surface area contributed by atoms with Crippen molar-refractivity contribution < 1.29 is 8.78 Å². The van der Waals surface area contributed by atoms with Gasteiger partial charge in [0.05, 0.1) is 6.67 Å². The monoisotopic (exact) mass is 137 g/mol. The predicted octanol–water partition coefficient (Wildman–Crippen LogP) is 1.77. The van der Waals surface area contributed by atoms with Gasteiger partial charge < -0.3 is 5.73 Å². The molecule has 1 atom stereocenters. The third-order valence-electron chi connectivity index (χ3n) is 1.11. The van der Waals surface area contributed by atoms with E-state index in [1.54, 1.807) is 0 Å². The predicted molar refractivity (Wildman–Crippen MR) is 33.5 cm³/mol. The number of hydrogen-bond acceptors (Lipinski definition) is 1. The summed E-state index contributed by atoms with van der Waals surface area (Å²) < 4.78 is 23.2. The first-order valence-corrected chi connectivity index (χ1v) is 3.23. The van der Waals surface area contributed by atoms with Crippen molar-refractivity contribution in [3.63, 3.8) is 0 Å². The van der Waals surface area contributed by atoms with Crippen LogP contribution in [0, 0.1) is 0 Å². The fourth-order valence-corrected chi connectivity index (χ4v) is 0.611. The summed E-state index contributed by atoms with van der Waals surface area (Å²) in [4.78, 5) is 0. The molecule has 0 amide bonds. The zero-order valence-electron chi connectivity index (χ0n) is 5.45. The van der Waals surface area contributed by atoms with Gasteiger partial charge in [-0.1, -0.05) is 6.42 Å². The molecular weight excluding hydrogens is 124 g/mol. The molecule has 0 spiro atoms. The van der Waals surface area contributed by atoms with Crippen molar-refractivity contribution in [3.8, 4) is 0 Å². The lowest BCUT2D eigenvalue weighted by Gasteiger charge is -1.98. The minimum atomic E-state index is -1.22. The normalized spacial score (nSPS) is 13.7. The van der Waals surface area contributed by atoms with Crippen molar-refractivity contribution >= 4 is 0 Å². The molecule has 0 rings (SSSR count). The average Bonchev–Trinajstić information content (AvgIpc) is 1.80. The third-order valence-corrected chi connectivity index (χ3v) is 1.11. The minimum Gasteiger partial charge on any atom is -0.302 e. The summed E-state index contributed by atoms with van der Waals surface area (Å²) in [5.41, 5.74) is 4.81. The van der Waals surface area contributed by atoms with E-state index in [0.29, 0.717) is 19.3 Å². The number of nitrogens with two attached hydrogens (primary N) is 1. The molecule has 0 bridgehead atoms. The first-order valence-electron chi connectivity index (χ1n) is 3.23. The van der Waals surface area contributed by atoms with E-state index in [4.69, 9.17) is 5.73 Å². The van der Waals surface area contributed by atoms with Crippen LogP contribution in [0.4, 0.5) is 8.78 Å². The van der Waals surface area contributed by atoms with Crippen molar-refractivity contribution in [2.75, 3.05) is 6.67 Å². The van der Waals surface area contributed by atoms with E-state index in [0.717, 1.165) is 6.42 Å². The zero-order valence-corrected chi connectivity index (χ0v) is 5.45. The van der Waals surface area contributed by atoms with Crippen LogP contribution in [0.3, 0.4) is 0 Å². The topological polar surface area (TPSA) is 26.0 Å². The van der Waals surface area contributed by atoms with Crippen molar-refractivity contribution in [2.24, 2.45) is 5.73 Å². The molecule has 2 N–H and O–H groups in total. The summed E-state index contributed by atoms with van der Waals surface area (Å²) >= 11 is 0. The summed E-state index contributed by atoms with van der Waals surface area (Å²) in [5, 5.41) is 0. The first kappa shape index (κ1) is 8.82. The van der Waals surface area contributed by atoms with E-state index in [-0.39, 0.29) is 6.67 Å². The molecule has 56 valence electrons. The summed E-state index contributed by atoms with van der Waals surface area (Å²) in [7, 11) is 0. The molecule has 0 aromatic rings. The molecule has 0 fully saturated rings. The molecule has 9 heavy (non-hydrogen) atoms. The lowest BCUT2D eigenvalue weighted by Crippen LogP contribution is -2.11. The van der Waals surface area contributed by atoms with Crippen molar-refractivity contribution in [1.29, 1.82) is 0 Å². The SMILES string of the molecule is NC(F)CCCCCF. The summed E-state index contributed by atoms with van der Waals surface area (Å²) in [6, 6.07) is 0. The molecule has 0 aliphatic rings. The molecule has 1 nitrogen and oxygen atoms in total. The van der Waals surface area contributed by atoms with E-state index in [1.807, 2.05) is 0 Å². The summed E-state index contributed by atoms with van der Waals surface area (Å²) in [6.07, 6.45) is 1.12. The van der Waals surface area contributed by atoms with Gasteiger partial charge in [-0.05, 0) is 19.3 Å². The van der Waals surface area contributed by atoms with Crippen LogP contribution in [-0.2, 0) is 0 Å². The van der Waals surface area contributed by atoms with Crippen LogP contribution in [0.5, 0.6) is 0 Å². The van der Waals surface area contributed by atoms with Crippen LogP contribution in [0.1, 0.15) is 25.7 Å². The number of rotatable bonds is 5. The molecule has 0 radical (unpaired) electrons. The molecule has 0 aromatic carbocycles. The van der Waals surface area contributed by atoms with Crippen LogP contribution in [-0.4, -0.2) is 13.0 Å². The average molecular weight is 137 g/mol. The fourth-order valence-electron chi connectivity index (χ4n) is 0.611. The molecule has 1 unspecified atom stereocenters. The molecule has 3 heteroatoms. The largest absolute Gasteiger partial charge is 0.302 e. The van der Waals surface area contributed by atoms with Gasteiger partial charge in [-0.3, -0.25) is 4.39 Å². The van der Waals surface area contributed by atoms with Crippen molar-refractivity contribution in [2.45, 2.75) is 32.0 Å². The highest BCUT2D eigenvalue weighted by molar-refractivity contribution is 4.46. The highest BCUT2D eigenvalue weighted by atomic mass is 19.1. The third kappa shape index (κ3) is 7.82. The molecule has 0 saturated heterocycles. The van der Waals surface area contributed by atoms with E-state index in [9.17, 15) is 8.78 Å². The smallest absolute Gasteiger partial charge is 0.148 e. The van der Waals surface area contributed by atoms with Crippen molar-refractivity contribution in [3.05, 3.63) is 0 Å². The Kier molecular flexibility index (Phi) is 5.83. The Hall–Kier alpha value is -0.180. The molecular formula is C6H13F2N. The Morgan fingerprint density at radius 3 is 2.33 bits per heavy atom. The fraction of sp³-hybridized carbons (Fsp3) is 1.00. The Morgan fingerprint density at radius 1 is 1.22 bits per heavy atom. The number of unbranched alkanes of at least 4 members (excludes halogenated alkanes) is 2. The minimum absolute atomic E-state index is 0.304. The summed E-state index contributed by atoms with van der Waals surface area (Å²) in [6.45, 7) is -0.304. The van der Waals surface area contributed by atoms with Crippen LogP contribution in [0.2, 0.25) is 0 Å². The Balaban J connectivity index is 2.75. The number of alkyl halides is 2. The second-order valence-corrected chi connectivity index (χ2v) is 2.05. The van der Waals surface area contributed by atoms with Gasteiger partial charge in [0.1, 0.15) is 6.30 Å². The van der Waals surface area contributed by atoms with Gasteiger partial charge in [-0.2, -0.15) is 0 Å². The standard InChI is InChI=1S/C6H13F2N/c7-5-3-1-2-4-6(8)9/h6H,1-5,9H2. The lowest BCUT2D eigenvalue weighted by atomic mass is 10.2. The van der Waals surface area contributed by atoms with E-state index >= 15 is 0 Å². The molecule has 0 aromatic heterocycles. The maximum absolute atomic E-state index is 11.8. The maximum Gasteiger partial charge on any atom is 0.148 e. The van der Waals surface area contributed by atoms with E-state index in [2.05, 4.69) is 0 Å². The van der Waals surface area contributed by atoms with Gasteiger partial charge in [0.2, 0.25) is 0 Å². The van der Waals surface area contributed by atoms with Gasteiger partial charge in [0.25, 0.3) is 0 Å². The number of halogens is 2.